The largest absolute Gasteiger partial charge is 0.311 e. The van der Waals surface area contributed by atoms with Gasteiger partial charge in [-0.15, -0.1) is 0 Å². The Hall–Kier alpha value is -16.9. The summed E-state index contributed by atoms with van der Waals surface area (Å²) in [6, 6.07) is 145. The first-order valence-corrected chi connectivity index (χ1v) is 41.4. The van der Waals surface area contributed by atoms with Crippen molar-refractivity contribution in [3.63, 3.8) is 0 Å². The van der Waals surface area contributed by atoms with Crippen LogP contribution in [-0.2, 0) is 0 Å². The normalized spacial score (nSPS) is 12.0. The fraction of sp³-hybridized carbons (Fsp3) is 0. The minimum absolute atomic E-state index is 0.0417. The second-order valence-corrected chi connectivity index (χ2v) is 30.9. The number of benzene rings is 16. The molecule has 0 amide bonds. The topological polar surface area (TPSA) is 153 Å². The van der Waals surface area contributed by atoms with Gasteiger partial charge in [-0.3, -0.25) is 0 Å². The average molecular weight is 1590 g/mol. The van der Waals surface area contributed by atoms with Gasteiger partial charge >= 0.3 is 0 Å². The monoisotopic (exact) mass is 1580 g/mol. The van der Waals surface area contributed by atoms with Crippen LogP contribution in [0, 0.1) is 0 Å². The van der Waals surface area contributed by atoms with E-state index in [1.54, 1.807) is 0 Å². The third-order valence-electron chi connectivity index (χ3n) is 23.4. The summed E-state index contributed by atoms with van der Waals surface area (Å²) in [5.41, 5.74) is 26.8. The highest BCUT2D eigenvalue weighted by Gasteiger charge is 2.43. The number of aromatic nitrogens is 12. The maximum atomic E-state index is 5.67. The van der Waals surface area contributed by atoms with Crippen molar-refractivity contribution < 1.29 is 0 Å². The Labute approximate surface area is 715 Å². The van der Waals surface area contributed by atoms with Crippen LogP contribution in [0.25, 0.3) is 175 Å². The van der Waals surface area contributed by atoms with Crippen molar-refractivity contribution in [1.29, 1.82) is 0 Å². The fourth-order valence-corrected chi connectivity index (χ4v) is 17.5. The number of para-hydroxylation sites is 3. The zero-order valence-corrected chi connectivity index (χ0v) is 66.7. The molecule has 16 aromatic carbocycles. The summed E-state index contributed by atoms with van der Waals surface area (Å²) in [5, 5.41) is 1.82. The molecule has 0 saturated carbocycles. The van der Waals surface area contributed by atoms with Crippen molar-refractivity contribution in [3.05, 3.63) is 419 Å². The van der Waals surface area contributed by atoms with E-state index >= 15 is 0 Å². The van der Waals surface area contributed by atoms with Gasteiger partial charge in [0.05, 0.1) is 28.1 Å². The van der Waals surface area contributed by atoms with Gasteiger partial charge < -0.3 is 14.4 Å². The Bertz CT molecular complexity index is 7290. The maximum Gasteiger partial charge on any atom is 0.252 e. The van der Waals surface area contributed by atoms with Crippen LogP contribution >= 0.6 is 0 Å². The van der Waals surface area contributed by atoms with Crippen LogP contribution in [0.5, 0.6) is 0 Å². The number of rotatable bonds is 16. The van der Waals surface area contributed by atoms with Crippen LogP contribution in [0.3, 0.4) is 0 Å². The van der Waals surface area contributed by atoms with E-state index in [9.17, 15) is 0 Å². The summed E-state index contributed by atoms with van der Waals surface area (Å²) in [4.78, 5) is 63.6. The third kappa shape index (κ3) is 13.2. The Morgan fingerprint density at radius 3 is 0.879 bits per heavy atom. The van der Waals surface area contributed by atoms with Gasteiger partial charge in [-0.05, 0) is 131 Å². The highest BCUT2D eigenvalue weighted by atomic mass is 15.2. The minimum Gasteiger partial charge on any atom is -0.311 e. The van der Waals surface area contributed by atoms with Gasteiger partial charge in [0.15, 0.2) is 58.2 Å². The highest BCUT2D eigenvalue weighted by molar-refractivity contribution is 7.00. The molecule has 2 aliphatic rings. The first-order valence-electron chi connectivity index (χ1n) is 41.4. The smallest absolute Gasteiger partial charge is 0.252 e. The lowest BCUT2D eigenvalue weighted by Gasteiger charge is -2.44. The lowest BCUT2D eigenvalue weighted by molar-refractivity contribution is 1.06. The van der Waals surface area contributed by atoms with Crippen LogP contribution in [0.15, 0.2) is 419 Å². The maximum absolute atomic E-state index is 5.67. The predicted octanol–water partition coefficient (Wildman–Crippen LogP) is 23.9. The van der Waals surface area contributed by atoms with Crippen LogP contribution in [0.4, 0.5) is 34.1 Å². The Balaban J connectivity index is 0.700. The quantitative estimate of drug-likeness (QED) is 0.0844. The van der Waals surface area contributed by atoms with Crippen LogP contribution in [0.2, 0.25) is 0 Å². The predicted molar refractivity (Wildman–Crippen MR) is 501 cm³/mol. The molecule has 124 heavy (non-hydrogen) atoms. The molecule has 7 heterocycles. The van der Waals surface area contributed by atoms with Crippen molar-refractivity contribution in [1.82, 2.24) is 59.4 Å². The Morgan fingerprint density at radius 1 is 0.177 bits per heavy atom. The summed E-state index contributed by atoms with van der Waals surface area (Å²) >= 11 is 0. The van der Waals surface area contributed by atoms with Crippen molar-refractivity contribution in [2.45, 2.75) is 0 Å². The zero-order valence-electron chi connectivity index (χ0n) is 66.7. The van der Waals surface area contributed by atoms with Crippen molar-refractivity contribution in [3.8, 4) is 153 Å². The molecule has 0 unspecified atom stereocenters. The second-order valence-electron chi connectivity index (χ2n) is 30.9. The molecule has 5 aromatic heterocycles. The number of hydrogen-bond donors (Lipinski definition) is 0. The van der Waals surface area contributed by atoms with Crippen LogP contribution in [0.1, 0.15) is 0 Å². The second kappa shape index (κ2) is 30.8. The van der Waals surface area contributed by atoms with Crippen molar-refractivity contribution in [2.75, 3.05) is 9.80 Å². The SMILES string of the molecule is c1ccc(-c2cc(-c3ccc(-n4c5ccc(-c6nc(-c7ccccc7)nc(-c7ccccc7)n6)cc5c5cc(-c6nc(-c7ccccc7)nc(-c7ccccc7)n6)ccc54)c(-c4nc(-c5ccccc5)nc(-c5ccc(-c6ccc(N7c8ccccc8B8c9ccccc9N(c9ccccc9)c9cccc7c98)cc6)cc5)n4)c3)nc(-c3ccccc3)n2)cc1. The number of anilines is 6. The van der Waals surface area contributed by atoms with E-state index in [0.29, 0.717) is 69.5 Å². The molecule has 23 rings (SSSR count). The van der Waals surface area contributed by atoms with Gasteiger partial charge in [-0.25, -0.2) is 54.8 Å². The third-order valence-corrected chi connectivity index (χ3v) is 23.4. The lowest BCUT2D eigenvalue weighted by atomic mass is 9.33. The molecule has 15 heteroatoms. The molecular formula is C109H69BN14. The summed E-state index contributed by atoms with van der Waals surface area (Å²) in [6.45, 7) is 0.0417. The van der Waals surface area contributed by atoms with E-state index in [1.807, 2.05) is 188 Å². The number of hydrogen-bond acceptors (Lipinski definition) is 13. The van der Waals surface area contributed by atoms with Crippen LogP contribution < -0.4 is 26.2 Å². The molecule has 578 valence electrons. The molecular weight excluding hydrogens is 1520 g/mol. The molecule has 0 N–H and O–H groups in total. The van der Waals surface area contributed by atoms with Crippen molar-refractivity contribution >= 4 is 79.0 Å². The molecule has 14 nitrogen and oxygen atoms in total. The van der Waals surface area contributed by atoms with E-state index in [0.717, 1.165) is 128 Å². The standard InChI is InChI=1S/C109H69BN14/c1-9-30-72(31-10-1)90-69-91(112-100(111-90)73-32-11-2-12-33-73)80-58-63-94(124-92-64-59-81(107-116-101(74-34-13-3-14-35-74)113-102(117-107)75-36-15-4-16-37-75)67-85(92)86-68-82(60-65-93(86)124)108-118-103(76-38-17-5-18-39-76)114-104(119-108)77-40-19-6-20-41-77)87(66-80)109-120-105(78-42-21-7-22-43-78)115-106(121-109)79-54-52-70(53-55-79)71-56-61-84(62-57-71)123-96-49-28-26-47-89(96)110-88-46-25-27-48-95(88)122(83-44-23-8-24-45-83)97-50-29-51-98(123)99(97)110/h1-69H. The van der Waals surface area contributed by atoms with Crippen molar-refractivity contribution in [2.24, 2.45) is 0 Å². The van der Waals surface area contributed by atoms with Gasteiger partial charge in [0.1, 0.15) is 0 Å². The average Bonchev–Trinajstić information content (AvgIpc) is 0.836. The fourth-order valence-electron chi connectivity index (χ4n) is 17.5. The molecule has 21 aromatic rings. The number of nitrogens with zero attached hydrogens (tertiary/aromatic N) is 14. The summed E-state index contributed by atoms with van der Waals surface area (Å²) in [7, 11) is 0. The number of fused-ring (bicyclic) bond motifs is 7. The summed E-state index contributed by atoms with van der Waals surface area (Å²) < 4.78 is 2.32. The summed E-state index contributed by atoms with van der Waals surface area (Å²) in [6.07, 6.45) is 0. The molecule has 2 aliphatic heterocycles. The molecule has 0 radical (unpaired) electrons. The zero-order chi connectivity index (χ0) is 82.0. The minimum atomic E-state index is 0.0417. The molecule has 0 aliphatic carbocycles. The lowest BCUT2D eigenvalue weighted by Crippen LogP contribution is -2.61. The Kier molecular flexibility index (Phi) is 18.0. The van der Waals surface area contributed by atoms with E-state index in [1.165, 1.54) is 27.8 Å². The molecule has 0 saturated heterocycles. The Morgan fingerprint density at radius 2 is 0.468 bits per heavy atom. The van der Waals surface area contributed by atoms with E-state index < -0.39 is 0 Å². The van der Waals surface area contributed by atoms with Gasteiger partial charge in [0.2, 0.25) is 0 Å². The molecule has 0 spiro atoms. The first kappa shape index (κ1) is 72.3. The molecule has 0 bridgehead atoms. The first-order chi connectivity index (χ1) is 61.4. The van der Waals surface area contributed by atoms with Crippen LogP contribution in [-0.4, -0.2) is 66.1 Å². The van der Waals surface area contributed by atoms with Gasteiger partial charge in [0.25, 0.3) is 6.71 Å². The molecule has 0 atom stereocenters. The highest BCUT2D eigenvalue weighted by Crippen LogP contribution is 2.47. The van der Waals surface area contributed by atoms with Gasteiger partial charge in [-0.2, -0.15) is 0 Å². The van der Waals surface area contributed by atoms with E-state index in [4.69, 9.17) is 54.8 Å². The van der Waals surface area contributed by atoms with Gasteiger partial charge in [-0.1, -0.05) is 315 Å². The molecule has 0 fully saturated rings. The summed E-state index contributed by atoms with van der Waals surface area (Å²) in [5.74, 6) is 5.25. The van der Waals surface area contributed by atoms with E-state index in [-0.39, 0.29) is 6.71 Å². The van der Waals surface area contributed by atoms with E-state index in [2.05, 4.69) is 245 Å². The van der Waals surface area contributed by atoms with Gasteiger partial charge in [0, 0.05) is 112 Å².